The topological polar surface area (TPSA) is 43.4 Å². The monoisotopic (exact) mass is 236 g/mol. The molecule has 1 saturated heterocycles. The molecule has 0 spiro atoms. The van der Waals surface area contributed by atoms with Crippen LogP contribution in [-0.4, -0.2) is 37.9 Å². The molecule has 0 atom stereocenters. The zero-order chi connectivity index (χ0) is 12.1. The van der Waals surface area contributed by atoms with Crippen molar-refractivity contribution in [3.63, 3.8) is 0 Å². The Labute approximate surface area is 102 Å². The van der Waals surface area contributed by atoms with E-state index in [2.05, 4.69) is 16.4 Å². The van der Waals surface area contributed by atoms with Crippen LogP contribution in [0.2, 0.25) is 0 Å². The van der Waals surface area contributed by atoms with Gasteiger partial charge >= 0.3 is 0 Å². The number of methoxy groups -OCH3 is 2. The van der Waals surface area contributed by atoms with Crippen molar-refractivity contribution < 1.29 is 9.47 Å². The predicted molar refractivity (Wildman–Crippen MR) is 66.3 cm³/mol. The number of aromatic nitrogens is 1. The highest BCUT2D eigenvalue weighted by atomic mass is 16.5. The summed E-state index contributed by atoms with van der Waals surface area (Å²) in [4.78, 5) is 4.23. The first-order chi connectivity index (χ1) is 8.29. The fourth-order valence-corrected chi connectivity index (χ4v) is 2.43. The van der Waals surface area contributed by atoms with Crippen molar-refractivity contribution in [2.24, 2.45) is 0 Å². The van der Waals surface area contributed by atoms with Crippen LogP contribution in [0.1, 0.15) is 18.4 Å². The minimum Gasteiger partial charge on any atom is -0.481 e. The lowest BCUT2D eigenvalue weighted by Crippen LogP contribution is -2.45. The highest BCUT2D eigenvalue weighted by Gasteiger charge is 2.32. The molecule has 0 amide bonds. The molecular formula is C13H20N2O2. The number of hydrogen-bond acceptors (Lipinski definition) is 4. The molecule has 1 aromatic rings. The molecule has 1 aromatic heterocycles. The van der Waals surface area contributed by atoms with Crippen LogP contribution in [0.3, 0.4) is 0 Å². The van der Waals surface area contributed by atoms with E-state index >= 15 is 0 Å². The largest absolute Gasteiger partial charge is 0.481 e. The Morgan fingerprint density at radius 2 is 2.12 bits per heavy atom. The standard InChI is InChI=1S/C13H20N2O2/c1-16-12-11(4-3-7-15-12)10-13(17-2)5-8-14-9-6-13/h3-4,7,14H,5-6,8-10H2,1-2H3. The second kappa shape index (κ2) is 5.47. The molecule has 1 aliphatic rings. The van der Waals surface area contributed by atoms with Gasteiger partial charge in [0.2, 0.25) is 5.88 Å². The third kappa shape index (κ3) is 2.76. The minimum atomic E-state index is -0.0679. The van der Waals surface area contributed by atoms with Gasteiger partial charge in [0.1, 0.15) is 0 Å². The van der Waals surface area contributed by atoms with Crippen molar-refractivity contribution in [2.45, 2.75) is 24.9 Å². The van der Waals surface area contributed by atoms with Crippen LogP contribution >= 0.6 is 0 Å². The first-order valence-corrected chi connectivity index (χ1v) is 6.03. The summed E-state index contributed by atoms with van der Waals surface area (Å²) < 4.78 is 11.1. The quantitative estimate of drug-likeness (QED) is 0.858. The number of ether oxygens (including phenoxy) is 2. The van der Waals surface area contributed by atoms with Crippen LogP contribution in [-0.2, 0) is 11.2 Å². The number of piperidine rings is 1. The molecule has 0 aromatic carbocycles. The summed E-state index contributed by atoms with van der Waals surface area (Å²) in [6.45, 7) is 2.02. The van der Waals surface area contributed by atoms with E-state index in [1.54, 1.807) is 20.4 Å². The summed E-state index contributed by atoms with van der Waals surface area (Å²) in [7, 11) is 3.46. The molecule has 0 saturated carbocycles. The van der Waals surface area contributed by atoms with Gasteiger partial charge < -0.3 is 14.8 Å². The molecule has 2 rings (SSSR count). The van der Waals surface area contributed by atoms with Gasteiger partial charge in [0.15, 0.2) is 0 Å². The Morgan fingerprint density at radius 3 is 2.76 bits per heavy atom. The van der Waals surface area contributed by atoms with Gasteiger partial charge in [-0.15, -0.1) is 0 Å². The molecule has 1 aliphatic heterocycles. The van der Waals surface area contributed by atoms with Crippen molar-refractivity contribution in [3.05, 3.63) is 23.9 Å². The molecule has 0 aliphatic carbocycles. The third-order valence-electron chi connectivity index (χ3n) is 3.50. The van der Waals surface area contributed by atoms with Crippen molar-refractivity contribution in [1.82, 2.24) is 10.3 Å². The highest BCUT2D eigenvalue weighted by Crippen LogP contribution is 2.29. The number of nitrogens with one attached hydrogen (secondary N) is 1. The van der Waals surface area contributed by atoms with Crippen molar-refractivity contribution in [3.8, 4) is 5.88 Å². The lowest BCUT2D eigenvalue weighted by molar-refractivity contribution is -0.0337. The van der Waals surface area contributed by atoms with Crippen LogP contribution in [0.4, 0.5) is 0 Å². The van der Waals surface area contributed by atoms with E-state index in [-0.39, 0.29) is 5.60 Å². The van der Waals surface area contributed by atoms with E-state index in [9.17, 15) is 0 Å². The minimum absolute atomic E-state index is 0.0679. The molecule has 0 bridgehead atoms. The second-order valence-corrected chi connectivity index (χ2v) is 4.49. The maximum Gasteiger partial charge on any atom is 0.216 e. The molecule has 1 N–H and O–H groups in total. The first-order valence-electron chi connectivity index (χ1n) is 6.03. The van der Waals surface area contributed by atoms with Gasteiger partial charge in [-0.25, -0.2) is 4.98 Å². The zero-order valence-electron chi connectivity index (χ0n) is 10.5. The van der Waals surface area contributed by atoms with Crippen LogP contribution in [0.5, 0.6) is 5.88 Å². The van der Waals surface area contributed by atoms with Crippen LogP contribution in [0.25, 0.3) is 0 Å². The van der Waals surface area contributed by atoms with Crippen molar-refractivity contribution >= 4 is 0 Å². The number of hydrogen-bond donors (Lipinski definition) is 1. The third-order valence-corrected chi connectivity index (χ3v) is 3.50. The second-order valence-electron chi connectivity index (χ2n) is 4.49. The van der Waals surface area contributed by atoms with Crippen molar-refractivity contribution in [2.75, 3.05) is 27.3 Å². The van der Waals surface area contributed by atoms with Gasteiger partial charge in [-0.05, 0) is 32.0 Å². The molecule has 0 unspecified atom stereocenters. The van der Waals surface area contributed by atoms with E-state index in [1.165, 1.54) is 0 Å². The van der Waals surface area contributed by atoms with Gasteiger partial charge in [0.05, 0.1) is 12.7 Å². The van der Waals surface area contributed by atoms with Gasteiger partial charge in [-0.2, -0.15) is 0 Å². The summed E-state index contributed by atoms with van der Waals surface area (Å²) in [6, 6.07) is 4.01. The van der Waals surface area contributed by atoms with E-state index in [0.29, 0.717) is 5.88 Å². The molecule has 94 valence electrons. The number of pyridine rings is 1. The Balaban J connectivity index is 2.17. The fraction of sp³-hybridized carbons (Fsp3) is 0.615. The molecule has 0 radical (unpaired) electrons. The lowest BCUT2D eigenvalue weighted by atomic mass is 9.86. The number of nitrogens with zero attached hydrogens (tertiary/aromatic N) is 1. The number of rotatable bonds is 4. The maximum absolute atomic E-state index is 5.76. The van der Waals surface area contributed by atoms with Gasteiger partial charge in [-0.3, -0.25) is 0 Å². The summed E-state index contributed by atoms with van der Waals surface area (Å²) >= 11 is 0. The Hall–Kier alpha value is -1.13. The van der Waals surface area contributed by atoms with Gasteiger partial charge in [0, 0.05) is 25.3 Å². The van der Waals surface area contributed by atoms with E-state index < -0.39 is 0 Å². The van der Waals surface area contributed by atoms with Crippen LogP contribution < -0.4 is 10.1 Å². The Kier molecular flexibility index (Phi) is 3.97. The average Bonchev–Trinajstić information content (AvgIpc) is 2.40. The Morgan fingerprint density at radius 1 is 1.35 bits per heavy atom. The molecule has 4 heteroatoms. The van der Waals surface area contributed by atoms with Gasteiger partial charge in [-0.1, -0.05) is 6.07 Å². The van der Waals surface area contributed by atoms with Crippen LogP contribution in [0.15, 0.2) is 18.3 Å². The zero-order valence-corrected chi connectivity index (χ0v) is 10.5. The molecule has 2 heterocycles. The fourth-order valence-electron chi connectivity index (χ4n) is 2.43. The summed E-state index contributed by atoms with van der Waals surface area (Å²) in [6.07, 6.45) is 4.68. The van der Waals surface area contributed by atoms with Gasteiger partial charge in [0.25, 0.3) is 0 Å². The smallest absolute Gasteiger partial charge is 0.216 e. The Bertz CT molecular complexity index is 362. The maximum atomic E-state index is 5.76. The predicted octanol–water partition coefficient (Wildman–Crippen LogP) is 1.40. The summed E-state index contributed by atoms with van der Waals surface area (Å²) in [5.41, 5.74) is 1.06. The van der Waals surface area contributed by atoms with Crippen LogP contribution in [0, 0.1) is 0 Å². The SMILES string of the molecule is COc1ncccc1CC1(OC)CCNCC1. The molecule has 4 nitrogen and oxygen atoms in total. The lowest BCUT2D eigenvalue weighted by Gasteiger charge is -2.36. The summed E-state index contributed by atoms with van der Waals surface area (Å²) in [5, 5.41) is 3.36. The average molecular weight is 236 g/mol. The van der Waals surface area contributed by atoms with Crippen molar-refractivity contribution in [1.29, 1.82) is 0 Å². The molecular weight excluding hydrogens is 216 g/mol. The summed E-state index contributed by atoms with van der Waals surface area (Å²) in [5.74, 6) is 0.711. The normalized spacial score (nSPS) is 18.9. The van der Waals surface area contributed by atoms with E-state index in [1.807, 2.05) is 6.07 Å². The molecule has 1 fully saturated rings. The van der Waals surface area contributed by atoms with E-state index in [0.717, 1.165) is 37.9 Å². The molecule has 17 heavy (non-hydrogen) atoms. The highest BCUT2D eigenvalue weighted by molar-refractivity contribution is 5.27. The van der Waals surface area contributed by atoms with E-state index in [4.69, 9.17) is 9.47 Å². The first kappa shape index (κ1) is 12.3.